The highest BCUT2D eigenvalue weighted by atomic mass is 16.5. The quantitative estimate of drug-likeness (QED) is 0.771. The number of carbonyl (C=O) groups is 1. The Morgan fingerprint density at radius 2 is 1.77 bits per heavy atom. The molecule has 3 heterocycles. The molecule has 2 aromatic rings. The van der Waals surface area contributed by atoms with E-state index in [2.05, 4.69) is 36.3 Å². The minimum atomic E-state index is 0.0691. The van der Waals surface area contributed by atoms with Gasteiger partial charge in [-0.15, -0.1) is 0 Å². The number of carbonyl (C=O) groups excluding carboxylic acids is 1. The maximum Gasteiger partial charge on any atom is 0.320 e. The van der Waals surface area contributed by atoms with E-state index in [0.29, 0.717) is 44.7 Å². The number of amides is 2. The van der Waals surface area contributed by atoms with E-state index < -0.39 is 0 Å². The zero-order valence-corrected chi connectivity index (χ0v) is 17.6. The van der Waals surface area contributed by atoms with Gasteiger partial charge in [0.15, 0.2) is 5.82 Å². The second-order valence-corrected chi connectivity index (χ2v) is 8.78. The molecule has 30 heavy (non-hydrogen) atoms. The molecule has 1 aromatic carbocycles. The summed E-state index contributed by atoms with van der Waals surface area (Å²) in [6, 6.07) is 8.93. The van der Waals surface area contributed by atoms with Gasteiger partial charge in [0, 0.05) is 38.0 Å². The molecule has 2 saturated heterocycles. The van der Waals surface area contributed by atoms with E-state index in [1.807, 2.05) is 9.80 Å². The molecular formula is C23H30N4O3. The molecule has 1 saturated carbocycles. The largest absolute Gasteiger partial charge is 0.378 e. The standard InChI is InChI=1S/C23H30N4O3/c1-2-16-3-5-17(6-4-16)19-13-20(22-24-21(25-30-22)18-7-8-18)15-27(14-19)23(28)26-9-11-29-12-10-26/h3-6,18-20H,2,7-15H2,1H3. The van der Waals surface area contributed by atoms with Crippen LogP contribution < -0.4 is 0 Å². The smallest absolute Gasteiger partial charge is 0.320 e. The molecule has 0 N–H and O–H groups in total. The Morgan fingerprint density at radius 3 is 2.47 bits per heavy atom. The Bertz CT molecular complexity index is 871. The normalized spacial score (nSPS) is 24.8. The fraction of sp³-hybridized carbons (Fsp3) is 0.609. The molecule has 160 valence electrons. The lowest BCUT2D eigenvalue weighted by atomic mass is 9.84. The van der Waals surface area contributed by atoms with Crippen molar-refractivity contribution in [2.45, 2.75) is 50.4 Å². The summed E-state index contributed by atoms with van der Waals surface area (Å²) in [6.07, 6.45) is 4.25. The van der Waals surface area contributed by atoms with Crippen LogP contribution in [0.2, 0.25) is 0 Å². The van der Waals surface area contributed by atoms with Gasteiger partial charge in [-0.25, -0.2) is 4.79 Å². The Labute approximate surface area is 177 Å². The first-order valence-corrected chi connectivity index (χ1v) is 11.2. The van der Waals surface area contributed by atoms with Crippen LogP contribution in [-0.4, -0.2) is 65.4 Å². The number of rotatable bonds is 4. The van der Waals surface area contributed by atoms with Gasteiger partial charge in [0.25, 0.3) is 0 Å². The maximum atomic E-state index is 13.3. The van der Waals surface area contributed by atoms with Crippen molar-refractivity contribution in [1.29, 1.82) is 0 Å². The van der Waals surface area contributed by atoms with Gasteiger partial charge in [0.2, 0.25) is 5.89 Å². The number of aromatic nitrogens is 2. The predicted octanol–water partition coefficient (Wildman–Crippen LogP) is 3.53. The van der Waals surface area contributed by atoms with E-state index in [1.54, 1.807) is 0 Å². The third-order valence-electron chi connectivity index (χ3n) is 6.61. The van der Waals surface area contributed by atoms with Crippen molar-refractivity contribution in [3.05, 3.63) is 47.1 Å². The highest BCUT2D eigenvalue weighted by Gasteiger charge is 2.37. The fourth-order valence-corrected chi connectivity index (χ4v) is 4.58. The molecule has 1 aliphatic carbocycles. The van der Waals surface area contributed by atoms with E-state index in [1.165, 1.54) is 11.1 Å². The first-order valence-electron chi connectivity index (χ1n) is 11.2. The van der Waals surface area contributed by atoms with Gasteiger partial charge in [-0.05, 0) is 36.8 Å². The molecule has 1 aromatic heterocycles. The van der Waals surface area contributed by atoms with Gasteiger partial charge in [-0.3, -0.25) is 0 Å². The lowest BCUT2D eigenvalue weighted by Gasteiger charge is -2.40. The molecule has 2 amide bonds. The second-order valence-electron chi connectivity index (χ2n) is 8.78. The highest BCUT2D eigenvalue weighted by molar-refractivity contribution is 5.75. The first-order chi connectivity index (χ1) is 14.7. The van der Waals surface area contributed by atoms with Crippen molar-refractivity contribution < 1.29 is 14.1 Å². The average molecular weight is 411 g/mol. The Balaban J connectivity index is 1.38. The number of hydrogen-bond donors (Lipinski definition) is 0. The van der Waals surface area contributed by atoms with Crippen molar-refractivity contribution in [3.8, 4) is 0 Å². The number of hydrogen-bond acceptors (Lipinski definition) is 5. The van der Waals surface area contributed by atoms with E-state index >= 15 is 0 Å². The number of likely N-dealkylation sites (tertiary alicyclic amines) is 1. The third kappa shape index (κ3) is 4.08. The topological polar surface area (TPSA) is 71.7 Å². The molecule has 7 nitrogen and oxygen atoms in total. The van der Waals surface area contributed by atoms with Gasteiger partial charge < -0.3 is 19.1 Å². The summed E-state index contributed by atoms with van der Waals surface area (Å²) in [4.78, 5) is 21.9. The van der Waals surface area contributed by atoms with Crippen LogP contribution in [0.3, 0.4) is 0 Å². The molecular weight excluding hydrogens is 380 g/mol. The number of piperidine rings is 1. The lowest BCUT2D eigenvalue weighted by Crippen LogP contribution is -2.52. The van der Waals surface area contributed by atoms with Gasteiger partial charge in [0.1, 0.15) is 0 Å². The van der Waals surface area contributed by atoms with Gasteiger partial charge in [-0.1, -0.05) is 36.3 Å². The summed E-state index contributed by atoms with van der Waals surface area (Å²) in [5, 5.41) is 4.22. The molecule has 3 aliphatic rings. The number of morpholine rings is 1. The molecule has 3 fully saturated rings. The Kier molecular flexibility index (Phi) is 5.46. The van der Waals surface area contributed by atoms with Crippen molar-refractivity contribution in [3.63, 3.8) is 0 Å². The van der Waals surface area contributed by atoms with Crippen LogP contribution in [-0.2, 0) is 11.2 Å². The van der Waals surface area contributed by atoms with E-state index in [-0.39, 0.29) is 17.9 Å². The third-order valence-corrected chi connectivity index (χ3v) is 6.61. The van der Waals surface area contributed by atoms with Crippen molar-refractivity contribution in [1.82, 2.24) is 19.9 Å². The van der Waals surface area contributed by atoms with Crippen molar-refractivity contribution in [2.24, 2.45) is 0 Å². The van der Waals surface area contributed by atoms with Crippen LogP contribution in [0, 0.1) is 0 Å². The zero-order valence-electron chi connectivity index (χ0n) is 17.6. The van der Waals surface area contributed by atoms with Crippen LogP contribution >= 0.6 is 0 Å². The van der Waals surface area contributed by atoms with E-state index in [0.717, 1.165) is 38.1 Å². The summed E-state index contributed by atoms with van der Waals surface area (Å²) in [5.74, 6) is 2.32. The molecule has 2 unspecified atom stereocenters. The number of benzene rings is 1. The molecule has 5 rings (SSSR count). The fourth-order valence-electron chi connectivity index (χ4n) is 4.58. The first kappa shape index (κ1) is 19.5. The Morgan fingerprint density at radius 1 is 1.03 bits per heavy atom. The Hall–Kier alpha value is -2.41. The average Bonchev–Trinajstić information content (AvgIpc) is 3.55. The molecule has 7 heteroatoms. The molecule has 2 atom stereocenters. The van der Waals surface area contributed by atoms with Crippen molar-refractivity contribution >= 4 is 6.03 Å². The van der Waals surface area contributed by atoms with E-state index in [4.69, 9.17) is 14.2 Å². The molecule has 0 spiro atoms. The summed E-state index contributed by atoms with van der Waals surface area (Å²) in [5.41, 5.74) is 2.61. The van der Waals surface area contributed by atoms with Crippen molar-refractivity contribution in [2.75, 3.05) is 39.4 Å². The minimum absolute atomic E-state index is 0.0691. The minimum Gasteiger partial charge on any atom is -0.378 e. The monoisotopic (exact) mass is 410 g/mol. The summed E-state index contributed by atoms with van der Waals surface area (Å²) in [6.45, 7) is 6.05. The number of nitrogens with zero attached hydrogens (tertiary/aromatic N) is 4. The van der Waals surface area contributed by atoms with Crippen LogP contribution in [0.5, 0.6) is 0 Å². The molecule has 0 radical (unpaired) electrons. The van der Waals surface area contributed by atoms with E-state index in [9.17, 15) is 4.79 Å². The summed E-state index contributed by atoms with van der Waals surface area (Å²) in [7, 11) is 0. The number of ether oxygens (including phenoxy) is 1. The SMILES string of the molecule is CCc1ccc(C2CC(c3nc(C4CC4)no3)CN(C(=O)N3CCOCC3)C2)cc1. The summed E-state index contributed by atoms with van der Waals surface area (Å²) < 4.78 is 11.1. The lowest BCUT2D eigenvalue weighted by molar-refractivity contribution is 0.0392. The zero-order chi connectivity index (χ0) is 20.5. The number of urea groups is 1. The molecule has 2 aliphatic heterocycles. The number of aryl methyl sites for hydroxylation is 1. The van der Waals surface area contributed by atoms with Crippen LogP contribution in [0.25, 0.3) is 0 Å². The van der Waals surface area contributed by atoms with Crippen LogP contribution in [0.1, 0.15) is 66.8 Å². The molecule has 0 bridgehead atoms. The predicted molar refractivity (Wildman–Crippen MR) is 112 cm³/mol. The maximum absolute atomic E-state index is 13.3. The van der Waals surface area contributed by atoms with Gasteiger partial charge >= 0.3 is 6.03 Å². The van der Waals surface area contributed by atoms with Gasteiger partial charge in [0.05, 0.1) is 19.1 Å². The second kappa shape index (κ2) is 8.38. The van der Waals surface area contributed by atoms with Crippen LogP contribution in [0.15, 0.2) is 28.8 Å². The van der Waals surface area contributed by atoms with Crippen LogP contribution in [0.4, 0.5) is 4.79 Å². The highest BCUT2D eigenvalue weighted by Crippen LogP contribution is 2.40. The summed E-state index contributed by atoms with van der Waals surface area (Å²) >= 11 is 0. The van der Waals surface area contributed by atoms with Gasteiger partial charge in [-0.2, -0.15) is 4.98 Å².